The highest BCUT2D eigenvalue weighted by molar-refractivity contribution is 5.38. The first-order valence-corrected chi connectivity index (χ1v) is 6.29. The molecule has 0 heteroatoms. The van der Waals surface area contributed by atoms with Crippen LogP contribution in [0, 0.1) is 11.3 Å². The molecule has 1 atom stereocenters. The molecule has 0 spiro atoms. The Kier molecular flexibility index (Phi) is 2.56. The van der Waals surface area contributed by atoms with Crippen molar-refractivity contribution in [3.8, 4) is 0 Å². The molecule has 0 fully saturated rings. The molecule has 0 aliphatic heterocycles. The Bertz CT molecular complexity index is 335. The molecule has 2 aliphatic carbocycles. The van der Waals surface area contributed by atoms with E-state index < -0.39 is 0 Å². The van der Waals surface area contributed by atoms with Gasteiger partial charge in [0.05, 0.1) is 0 Å². The maximum Gasteiger partial charge on any atom is -0.0102 e. The van der Waals surface area contributed by atoms with Crippen LogP contribution in [0.25, 0.3) is 0 Å². The molecule has 0 saturated carbocycles. The average Bonchev–Trinajstić information content (AvgIpc) is 2.46. The third kappa shape index (κ3) is 1.79. The number of hydrogen-bond acceptors (Lipinski definition) is 0. The maximum atomic E-state index is 2.44. The average molecular weight is 204 g/mol. The molecule has 2 aliphatic rings. The van der Waals surface area contributed by atoms with Gasteiger partial charge in [-0.2, -0.15) is 0 Å². The van der Waals surface area contributed by atoms with Crippen LogP contribution in [0.4, 0.5) is 0 Å². The molecule has 1 unspecified atom stereocenters. The molecular formula is C15H24. The maximum absolute atomic E-state index is 2.44. The van der Waals surface area contributed by atoms with Gasteiger partial charge in [-0.3, -0.25) is 0 Å². The summed E-state index contributed by atoms with van der Waals surface area (Å²) in [5.41, 5.74) is 7.25. The van der Waals surface area contributed by atoms with E-state index in [1.54, 1.807) is 22.3 Å². The smallest absolute Gasteiger partial charge is 0.0102 e. The van der Waals surface area contributed by atoms with Crippen molar-refractivity contribution in [2.75, 3.05) is 0 Å². The zero-order valence-electron chi connectivity index (χ0n) is 10.9. The van der Waals surface area contributed by atoms with Gasteiger partial charge in [0.2, 0.25) is 0 Å². The zero-order chi connectivity index (χ0) is 11.2. The Morgan fingerprint density at radius 3 is 2.53 bits per heavy atom. The number of hydrogen-bond donors (Lipinski definition) is 0. The SMILES string of the molecule is CC(C)=C1CC2=C(C(C)CC2)C(C)(C)C1. The van der Waals surface area contributed by atoms with Crippen LogP contribution in [0.5, 0.6) is 0 Å². The van der Waals surface area contributed by atoms with Crippen molar-refractivity contribution < 1.29 is 0 Å². The Balaban J connectivity index is 2.42. The van der Waals surface area contributed by atoms with Gasteiger partial charge in [-0.05, 0) is 50.9 Å². The lowest BCUT2D eigenvalue weighted by atomic mass is 9.68. The molecule has 0 amide bonds. The molecule has 0 radical (unpaired) electrons. The zero-order valence-corrected chi connectivity index (χ0v) is 10.9. The summed E-state index contributed by atoms with van der Waals surface area (Å²) in [5, 5.41) is 0. The molecular weight excluding hydrogens is 180 g/mol. The van der Waals surface area contributed by atoms with Crippen LogP contribution in [0.1, 0.15) is 60.3 Å². The largest absolute Gasteiger partial charge is 0.0769 e. The second-order valence-electron chi connectivity index (χ2n) is 6.30. The summed E-state index contributed by atoms with van der Waals surface area (Å²) >= 11 is 0. The molecule has 0 aromatic heterocycles. The van der Waals surface area contributed by atoms with Crippen LogP contribution in [-0.2, 0) is 0 Å². The van der Waals surface area contributed by atoms with Crippen LogP contribution >= 0.6 is 0 Å². The van der Waals surface area contributed by atoms with Gasteiger partial charge in [-0.25, -0.2) is 0 Å². The van der Waals surface area contributed by atoms with Gasteiger partial charge >= 0.3 is 0 Å². The van der Waals surface area contributed by atoms with Crippen LogP contribution in [-0.4, -0.2) is 0 Å². The Hall–Kier alpha value is -0.520. The Labute approximate surface area is 94.5 Å². The third-order valence-electron chi connectivity index (χ3n) is 4.27. The van der Waals surface area contributed by atoms with Crippen molar-refractivity contribution in [1.29, 1.82) is 0 Å². The summed E-state index contributed by atoms with van der Waals surface area (Å²) in [4.78, 5) is 0. The van der Waals surface area contributed by atoms with E-state index in [1.807, 2.05) is 0 Å². The van der Waals surface area contributed by atoms with Crippen molar-refractivity contribution in [2.24, 2.45) is 11.3 Å². The topological polar surface area (TPSA) is 0 Å². The highest BCUT2D eigenvalue weighted by Crippen LogP contribution is 2.52. The molecule has 0 aromatic carbocycles. The van der Waals surface area contributed by atoms with Crippen LogP contribution in [0.15, 0.2) is 22.3 Å². The van der Waals surface area contributed by atoms with Crippen LogP contribution in [0.2, 0.25) is 0 Å². The van der Waals surface area contributed by atoms with Crippen molar-refractivity contribution in [3.63, 3.8) is 0 Å². The number of rotatable bonds is 0. The molecule has 84 valence electrons. The fourth-order valence-corrected chi connectivity index (χ4v) is 3.65. The Morgan fingerprint density at radius 1 is 1.27 bits per heavy atom. The standard InChI is InChI=1S/C15H24/c1-10(2)13-8-12-7-6-11(3)14(12)15(4,5)9-13/h11H,6-9H2,1-5H3. The molecule has 0 nitrogen and oxygen atoms in total. The van der Waals surface area contributed by atoms with E-state index in [9.17, 15) is 0 Å². The first-order valence-electron chi connectivity index (χ1n) is 6.29. The minimum Gasteiger partial charge on any atom is -0.0769 e. The van der Waals surface area contributed by atoms with E-state index in [0.29, 0.717) is 5.41 Å². The van der Waals surface area contributed by atoms with E-state index in [4.69, 9.17) is 0 Å². The monoisotopic (exact) mass is 204 g/mol. The second-order valence-corrected chi connectivity index (χ2v) is 6.30. The fraction of sp³-hybridized carbons (Fsp3) is 0.733. The fourth-order valence-electron chi connectivity index (χ4n) is 3.65. The highest BCUT2D eigenvalue weighted by Gasteiger charge is 2.37. The van der Waals surface area contributed by atoms with Gasteiger partial charge in [0.25, 0.3) is 0 Å². The summed E-state index contributed by atoms with van der Waals surface area (Å²) in [7, 11) is 0. The van der Waals surface area contributed by atoms with Gasteiger partial charge in [-0.1, -0.05) is 43.1 Å². The van der Waals surface area contributed by atoms with Crippen LogP contribution < -0.4 is 0 Å². The predicted molar refractivity (Wildman–Crippen MR) is 66.8 cm³/mol. The highest BCUT2D eigenvalue weighted by atomic mass is 14.4. The summed E-state index contributed by atoms with van der Waals surface area (Å²) < 4.78 is 0. The van der Waals surface area contributed by atoms with E-state index in [-0.39, 0.29) is 0 Å². The van der Waals surface area contributed by atoms with Crippen molar-refractivity contribution in [1.82, 2.24) is 0 Å². The van der Waals surface area contributed by atoms with Crippen molar-refractivity contribution in [3.05, 3.63) is 22.3 Å². The minimum atomic E-state index is 0.427. The first-order chi connectivity index (χ1) is 6.92. The summed E-state index contributed by atoms with van der Waals surface area (Å²) in [5.74, 6) is 0.841. The van der Waals surface area contributed by atoms with E-state index >= 15 is 0 Å². The van der Waals surface area contributed by atoms with Gasteiger partial charge in [0.15, 0.2) is 0 Å². The molecule has 2 rings (SSSR count). The first kappa shape index (κ1) is 11.0. The van der Waals surface area contributed by atoms with E-state index in [0.717, 1.165) is 5.92 Å². The van der Waals surface area contributed by atoms with E-state index in [2.05, 4.69) is 34.6 Å². The van der Waals surface area contributed by atoms with Crippen LogP contribution in [0.3, 0.4) is 0 Å². The quantitative estimate of drug-likeness (QED) is 0.494. The van der Waals surface area contributed by atoms with Gasteiger partial charge < -0.3 is 0 Å². The summed E-state index contributed by atoms with van der Waals surface area (Å²) in [6, 6.07) is 0. The predicted octanol–water partition coefficient (Wildman–Crippen LogP) is 4.87. The lowest BCUT2D eigenvalue weighted by molar-refractivity contribution is 0.381. The summed E-state index contributed by atoms with van der Waals surface area (Å²) in [6.45, 7) is 11.8. The van der Waals surface area contributed by atoms with Gasteiger partial charge in [0, 0.05) is 0 Å². The molecule has 15 heavy (non-hydrogen) atoms. The molecule has 0 saturated heterocycles. The van der Waals surface area contributed by atoms with E-state index in [1.165, 1.54) is 25.7 Å². The third-order valence-corrected chi connectivity index (χ3v) is 4.27. The number of allylic oxidation sites excluding steroid dienone is 4. The minimum absolute atomic E-state index is 0.427. The molecule has 0 bridgehead atoms. The van der Waals surface area contributed by atoms with Gasteiger partial charge in [-0.15, -0.1) is 0 Å². The normalized spacial score (nSPS) is 29.4. The molecule has 0 N–H and O–H groups in total. The van der Waals surface area contributed by atoms with Crippen molar-refractivity contribution >= 4 is 0 Å². The van der Waals surface area contributed by atoms with Crippen molar-refractivity contribution in [2.45, 2.75) is 60.3 Å². The molecule has 0 aromatic rings. The Morgan fingerprint density at radius 2 is 1.93 bits per heavy atom. The molecule has 0 heterocycles. The second kappa shape index (κ2) is 3.50. The lowest BCUT2D eigenvalue weighted by Gasteiger charge is -2.37. The van der Waals surface area contributed by atoms with Gasteiger partial charge in [0.1, 0.15) is 0 Å². The summed E-state index contributed by atoms with van der Waals surface area (Å²) in [6.07, 6.45) is 5.32. The lowest BCUT2D eigenvalue weighted by Crippen LogP contribution is -2.23.